The Balaban J connectivity index is 1.59. The minimum atomic E-state index is -5.00. The highest BCUT2D eigenvalue weighted by atomic mass is 35.5. The lowest BCUT2D eigenvalue weighted by Crippen LogP contribution is -2.41. The monoisotopic (exact) mass is 623 g/mol. The van der Waals surface area contributed by atoms with E-state index in [1.807, 2.05) is 0 Å². The lowest BCUT2D eigenvalue weighted by molar-refractivity contribution is -0.140. The van der Waals surface area contributed by atoms with Crippen LogP contribution in [-0.2, 0) is 16.1 Å². The maximum atomic E-state index is 14.3. The van der Waals surface area contributed by atoms with Gasteiger partial charge in [-0.3, -0.25) is 9.36 Å². The zero-order chi connectivity index (χ0) is 30.7. The highest BCUT2D eigenvalue weighted by Gasteiger charge is 2.45. The molecular weight excluding hydrogens is 603 g/mol. The van der Waals surface area contributed by atoms with Crippen LogP contribution in [0.5, 0.6) is 5.75 Å². The summed E-state index contributed by atoms with van der Waals surface area (Å²) in [6.45, 7) is 1.53. The molecule has 7 nitrogen and oxygen atoms in total. The summed E-state index contributed by atoms with van der Waals surface area (Å²) in [6, 6.07) is 20.2. The standard InChI is InChI=1S/C31H21ClF3N3O4S/c1-2-41-29(40)25-26(21-10-12-22(32)13-11-21)38-28(39)24(43-30(38)37-27(25)31(33,34)35)15-20-4-3-5-23(14-20)42-17-19-8-6-18(16-36)7-9-19/h3-15,26H,2,17H2,1H3/b24-15-/t26-/m1/s1. The van der Waals surface area contributed by atoms with E-state index >= 15 is 0 Å². The minimum absolute atomic E-state index is 0.105. The number of alkyl halides is 3. The van der Waals surface area contributed by atoms with Crippen LogP contribution in [0, 0.1) is 11.3 Å². The van der Waals surface area contributed by atoms with Gasteiger partial charge < -0.3 is 9.47 Å². The molecule has 0 N–H and O–H groups in total. The number of thiazole rings is 1. The molecule has 0 fully saturated rings. The van der Waals surface area contributed by atoms with Gasteiger partial charge in [0.2, 0.25) is 0 Å². The first kappa shape index (κ1) is 29.8. The van der Waals surface area contributed by atoms with Crippen LogP contribution < -0.4 is 19.6 Å². The molecule has 1 aliphatic rings. The lowest BCUT2D eigenvalue weighted by atomic mass is 9.95. The van der Waals surface area contributed by atoms with Gasteiger partial charge in [0.1, 0.15) is 12.4 Å². The van der Waals surface area contributed by atoms with Crippen molar-refractivity contribution < 1.29 is 27.4 Å². The summed E-state index contributed by atoms with van der Waals surface area (Å²) in [6.07, 6.45) is -3.47. The van der Waals surface area contributed by atoms with Gasteiger partial charge in [0.25, 0.3) is 5.56 Å². The first-order valence-electron chi connectivity index (χ1n) is 12.9. The van der Waals surface area contributed by atoms with Crippen molar-refractivity contribution in [3.8, 4) is 11.8 Å². The Labute approximate surface area is 252 Å². The fraction of sp³-hybridized carbons (Fsp3) is 0.161. The number of nitrogens with zero attached hydrogens (tertiary/aromatic N) is 3. The fourth-order valence-corrected chi connectivity index (χ4v) is 5.62. The molecule has 0 amide bonds. The summed E-state index contributed by atoms with van der Waals surface area (Å²) in [7, 11) is 0. The molecule has 5 rings (SSSR count). The molecule has 2 heterocycles. The summed E-state index contributed by atoms with van der Waals surface area (Å²) >= 11 is 6.79. The number of rotatable bonds is 7. The summed E-state index contributed by atoms with van der Waals surface area (Å²) in [5, 5.41) is 9.29. The number of halogens is 4. The summed E-state index contributed by atoms with van der Waals surface area (Å²) < 4.78 is 54.8. The van der Waals surface area contributed by atoms with E-state index in [4.69, 9.17) is 26.3 Å². The van der Waals surface area contributed by atoms with Gasteiger partial charge in [0.05, 0.1) is 34.4 Å². The van der Waals surface area contributed by atoms with Gasteiger partial charge >= 0.3 is 12.1 Å². The van der Waals surface area contributed by atoms with Gasteiger partial charge in [0.15, 0.2) is 10.5 Å². The van der Waals surface area contributed by atoms with E-state index in [1.54, 1.807) is 48.5 Å². The number of benzene rings is 3. The number of allylic oxidation sites excluding steroid dienone is 1. The highest BCUT2D eigenvalue weighted by Crippen LogP contribution is 2.38. The molecule has 1 aromatic heterocycles. The zero-order valence-corrected chi connectivity index (χ0v) is 24.0. The topological polar surface area (TPSA) is 93.7 Å². The normalized spacial score (nSPS) is 15.0. The minimum Gasteiger partial charge on any atom is -0.489 e. The van der Waals surface area contributed by atoms with Gasteiger partial charge in [-0.25, -0.2) is 9.79 Å². The van der Waals surface area contributed by atoms with E-state index in [-0.39, 0.29) is 28.1 Å². The second-order valence-electron chi connectivity index (χ2n) is 9.28. The second-order valence-corrected chi connectivity index (χ2v) is 10.7. The van der Waals surface area contributed by atoms with Crippen LogP contribution >= 0.6 is 22.9 Å². The third kappa shape index (κ3) is 6.40. The second kappa shape index (κ2) is 12.3. The van der Waals surface area contributed by atoms with E-state index in [0.717, 1.165) is 21.5 Å². The number of esters is 1. The van der Waals surface area contributed by atoms with Crippen LogP contribution in [-0.4, -0.2) is 23.3 Å². The molecule has 12 heteroatoms. The van der Waals surface area contributed by atoms with Crippen molar-refractivity contribution in [3.63, 3.8) is 0 Å². The Kier molecular flexibility index (Phi) is 8.52. The molecule has 0 aliphatic carbocycles. The largest absolute Gasteiger partial charge is 0.489 e. The van der Waals surface area contributed by atoms with Crippen LogP contribution in [0.15, 0.2) is 93.9 Å². The first-order chi connectivity index (χ1) is 20.6. The summed E-state index contributed by atoms with van der Waals surface area (Å²) in [5.74, 6) is -0.728. The van der Waals surface area contributed by atoms with Crippen LogP contribution in [0.25, 0.3) is 6.08 Å². The average Bonchev–Trinajstić information content (AvgIpc) is 3.30. The van der Waals surface area contributed by atoms with Crippen molar-refractivity contribution in [1.29, 1.82) is 5.26 Å². The fourth-order valence-electron chi connectivity index (χ4n) is 4.49. The molecule has 0 saturated carbocycles. The molecule has 43 heavy (non-hydrogen) atoms. The maximum Gasteiger partial charge on any atom is 0.434 e. The van der Waals surface area contributed by atoms with Crippen LogP contribution in [0.1, 0.15) is 35.2 Å². The quantitative estimate of drug-likeness (QED) is 0.256. The van der Waals surface area contributed by atoms with E-state index in [0.29, 0.717) is 21.9 Å². The number of aromatic nitrogens is 1. The predicted octanol–water partition coefficient (Wildman–Crippen LogP) is 5.44. The van der Waals surface area contributed by atoms with E-state index in [9.17, 15) is 22.8 Å². The first-order valence-corrected chi connectivity index (χ1v) is 14.1. The molecule has 0 spiro atoms. The van der Waals surface area contributed by atoms with E-state index < -0.39 is 35.0 Å². The van der Waals surface area contributed by atoms with Crippen molar-refractivity contribution in [1.82, 2.24) is 4.57 Å². The third-order valence-electron chi connectivity index (χ3n) is 6.43. The van der Waals surface area contributed by atoms with Gasteiger partial charge in [0, 0.05) is 5.02 Å². The number of fused-ring (bicyclic) bond motifs is 1. The van der Waals surface area contributed by atoms with Crippen molar-refractivity contribution in [3.05, 3.63) is 131 Å². The lowest BCUT2D eigenvalue weighted by Gasteiger charge is -2.26. The Hall–Kier alpha value is -4.66. The molecule has 1 atom stereocenters. The van der Waals surface area contributed by atoms with Crippen molar-refractivity contribution >= 4 is 35.0 Å². The summed E-state index contributed by atoms with van der Waals surface area (Å²) in [4.78, 5) is 30.2. The van der Waals surface area contributed by atoms with Crippen LogP contribution in [0.4, 0.5) is 13.2 Å². The summed E-state index contributed by atoms with van der Waals surface area (Å²) in [5.41, 5.74) is -0.664. The molecule has 3 aromatic carbocycles. The average molecular weight is 624 g/mol. The van der Waals surface area contributed by atoms with E-state index in [1.165, 1.54) is 37.3 Å². The SMILES string of the molecule is CCOC(=O)C1=C(C(F)(F)F)N=c2s/c(=C\c3cccc(OCc4ccc(C#N)cc4)c3)c(=O)n2[C@@H]1c1ccc(Cl)cc1. The number of carbonyl (C=O) groups excluding carboxylic acids is 1. The third-order valence-corrected chi connectivity index (χ3v) is 7.66. The molecule has 1 aliphatic heterocycles. The van der Waals surface area contributed by atoms with E-state index in [2.05, 4.69) is 11.1 Å². The Morgan fingerprint density at radius 2 is 1.86 bits per heavy atom. The Morgan fingerprint density at radius 1 is 1.14 bits per heavy atom. The Bertz CT molecular complexity index is 1940. The maximum absolute atomic E-state index is 14.3. The highest BCUT2D eigenvalue weighted by molar-refractivity contribution is 7.07. The van der Waals surface area contributed by atoms with Crippen LogP contribution in [0.3, 0.4) is 0 Å². The molecular formula is C31H21ClF3N3O4S. The van der Waals surface area contributed by atoms with Gasteiger partial charge in [-0.15, -0.1) is 0 Å². The Morgan fingerprint density at radius 3 is 2.51 bits per heavy atom. The number of nitriles is 1. The van der Waals surface area contributed by atoms with Crippen molar-refractivity contribution in [2.75, 3.05) is 6.61 Å². The predicted molar refractivity (Wildman–Crippen MR) is 154 cm³/mol. The van der Waals surface area contributed by atoms with Gasteiger partial charge in [-0.05, 0) is 66.1 Å². The number of hydrogen-bond acceptors (Lipinski definition) is 7. The van der Waals surface area contributed by atoms with Gasteiger partial charge in [-0.1, -0.05) is 59.3 Å². The van der Waals surface area contributed by atoms with Crippen molar-refractivity contribution in [2.45, 2.75) is 25.7 Å². The van der Waals surface area contributed by atoms with Crippen LogP contribution in [0.2, 0.25) is 5.02 Å². The molecule has 218 valence electrons. The molecule has 0 bridgehead atoms. The molecule has 0 unspecified atom stereocenters. The molecule has 4 aromatic rings. The smallest absolute Gasteiger partial charge is 0.434 e. The van der Waals surface area contributed by atoms with Crippen molar-refractivity contribution in [2.24, 2.45) is 4.99 Å². The van der Waals surface area contributed by atoms with Gasteiger partial charge in [-0.2, -0.15) is 18.4 Å². The zero-order valence-electron chi connectivity index (χ0n) is 22.4. The molecule has 0 saturated heterocycles. The number of hydrogen-bond donors (Lipinski definition) is 0. The number of ether oxygens (including phenoxy) is 2. The number of carbonyl (C=O) groups is 1. The molecule has 0 radical (unpaired) electrons.